The quantitative estimate of drug-likeness (QED) is 0.770. The van der Waals surface area contributed by atoms with Crippen LogP contribution in [0.4, 0.5) is 0 Å². The highest BCUT2D eigenvalue weighted by atomic mass is 32.2. The molecule has 2 heteroatoms. The Balaban J connectivity index is 2.92. The van der Waals surface area contributed by atoms with Crippen LogP contribution >= 0.6 is 11.8 Å². The van der Waals surface area contributed by atoms with Gasteiger partial charge in [0.2, 0.25) is 0 Å². The van der Waals surface area contributed by atoms with E-state index in [9.17, 15) is 0 Å². The van der Waals surface area contributed by atoms with Gasteiger partial charge in [0.1, 0.15) is 0 Å². The average Bonchev–Trinajstić information content (AvgIpc) is 2.20. The molecule has 0 aliphatic rings. The second-order valence-electron chi connectivity index (χ2n) is 3.60. The maximum atomic E-state index is 5.72. The summed E-state index contributed by atoms with van der Waals surface area (Å²) >= 11 is 1.94. The molecular formula is C12H19NS. The van der Waals surface area contributed by atoms with Crippen LogP contribution in [-0.2, 0) is 6.54 Å². The first-order valence-corrected chi connectivity index (χ1v) is 6.02. The fourth-order valence-corrected chi connectivity index (χ4v) is 2.45. The second kappa shape index (κ2) is 5.42. The first-order valence-electron chi connectivity index (χ1n) is 5.14. The molecule has 0 radical (unpaired) electrons. The lowest BCUT2D eigenvalue weighted by Crippen LogP contribution is -2.02. The van der Waals surface area contributed by atoms with Gasteiger partial charge in [0.05, 0.1) is 0 Å². The Kier molecular flexibility index (Phi) is 4.49. The van der Waals surface area contributed by atoms with E-state index in [-0.39, 0.29) is 0 Å². The molecule has 0 heterocycles. The monoisotopic (exact) mass is 209 g/mol. The van der Waals surface area contributed by atoms with Gasteiger partial charge in [-0.3, -0.25) is 0 Å². The molecule has 0 saturated heterocycles. The number of rotatable bonds is 4. The van der Waals surface area contributed by atoms with E-state index < -0.39 is 0 Å². The van der Waals surface area contributed by atoms with Crippen molar-refractivity contribution in [1.29, 1.82) is 0 Å². The summed E-state index contributed by atoms with van der Waals surface area (Å²) in [5.41, 5.74) is 8.34. The standard InChI is InChI=1S/C12H19NS/c1-4-10(3)14-12-9(2)6-5-7-11(12)8-13/h5-7,10H,4,8,13H2,1-3H3. The van der Waals surface area contributed by atoms with Gasteiger partial charge in [0.25, 0.3) is 0 Å². The summed E-state index contributed by atoms with van der Waals surface area (Å²) in [6, 6.07) is 6.36. The Morgan fingerprint density at radius 2 is 2.14 bits per heavy atom. The van der Waals surface area contributed by atoms with Crippen molar-refractivity contribution in [2.75, 3.05) is 0 Å². The lowest BCUT2D eigenvalue weighted by Gasteiger charge is -2.14. The van der Waals surface area contributed by atoms with Crippen molar-refractivity contribution in [3.05, 3.63) is 29.3 Å². The van der Waals surface area contributed by atoms with Gasteiger partial charge in [0, 0.05) is 16.7 Å². The molecular weight excluding hydrogens is 190 g/mol. The summed E-state index contributed by atoms with van der Waals surface area (Å²) in [5, 5.41) is 0.668. The highest BCUT2D eigenvalue weighted by molar-refractivity contribution is 8.00. The first kappa shape index (κ1) is 11.6. The molecule has 0 spiro atoms. The van der Waals surface area contributed by atoms with Crippen molar-refractivity contribution >= 4 is 11.8 Å². The van der Waals surface area contributed by atoms with Gasteiger partial charge in [-0.05, 0) is 24.5 Å². The van der Waals surface area contributed by atoms with Gasteiger partial charge >= 0.3 is 0 Å². The van der Waals surface area contributed by atoms with Gasteiger partial charge in [-0.15, -0.1) is 11.8 Å². The molecule has 0 aromatic heterocycles. The third kappa shape index (κ3) is 2.76. The van der Waals surface area contributed by atoms with Crippen LogP contribution in [0.5, 0.6) is 0 Å². The summed E-state index contributed by atoms with van der Waals surface area (Å²) in [6.45, 7) is 7.28. The molecule has 1 atom stereocenters. The van der Waals surface area contributed by atoms with Crippen LogP contribution in [0, 0.1) is 6.92 Å². The zero-order valence-corrected chi connectivity index (χ0v) is 10.0. The topological polar surface area (TPSA) is 26.0 Å². The minimum absolute atomic E-state index is 0.639. The van der Waals surface area contributed by atoms with Crippen molar-refractivity contribution in [3.63, 3.8) is 0 Å². The van der Waals surface area contributed by atoms with E-state index in [1.807, 2.05) is 11.8 Å². The largest absolute Gasteiger partial charge is 0.326 e. The van der Waals surface area contributed by atoms with Crippen LogP contribution in [0.3, 0.4) is 0 Å². The smallest absolute Gasteiger partial charge is 0.0189 e. The SMILES string of the molecule is CCC(C)Sc1c(C)cccc1CN. The summed E-state index contributed by atoms with van der Waals surface area (Å²) in [7, 11) is 0. The van der Waals surface area contributed by atoms with Crippen LogP contribution < -0.4 is 5.73 Å². The molecule has 1 aromatic carbocycles. The van der Waals surface area contributed by atoms with Crippen molar-refractivity contribution < 1.29 is 0 Å². The molecule has 0 aliphatic heterocycles. The summed E-state index contributed by atoms with van der Waals surface area (Å²) < 4.78 is 0. The normalized spacial score (nSPS) is 12.9. The van der Waals surface area contributed by atoms with Crippen LogP contribution in [-0.4, -0.2) is 5.25 Å². The molecule has 78 valence electrons. The minimum Gasteiger partial charge on any atom is -0.326 e. The van der Waals surface area contributed by atoms with Gasteiger partial charge in [-0.25, -0.2) is 0 Å². The number of thioether (sulfide) groups is 1. The molecule has 0 aliphatic carbocycles. The number of hydrogen-bond acceptors (Lipinski definition) is 2. The molecule has 0 amide bonds. The van der Waals surface area contributed by atoms with Gasteiger partial charge in [-0.1, -0.05) is 32.0 Å². The first-order chi connectivity index (χ1) is 6.69. The van der Waals surface area contributed by atoms with E-state index in [2.05, 4.69) is 39.0 Å². The molecule has 1 aromatic rings. The van der Waals surface area contributed by atoms with E-state index in [0.29, 0.717) is 11.8 Å². The van der Waals surface area contributed by atoms with Gasteiger partial charge < -0.3 is 5.73 Å². The van der Waals surface area contributed by atoms with E-state index in [1.165, 1.54) is 22.4 Å². The molecule has 0 saturated carbocycles. The Morgan fingerprint density at radius 1 is 1.43 bits per heavy atom. The highest BCUT2D eigenvalue weighted by Crippen LogP contribution is 2.31. The fraction of sp³-hybridized carbons (Fsp3) is 0.500. The number of nitrogens with two attached hydrogens (primary N) is 1. The minimum atomic E-state index is 0.639. The Morgan fingerprint density at radius 3 is 2.71 bits per heavy atom. The average molecular weight is 209 g/mol. The molecule has 1 rings (SSSR count). The summed E-state index contributed by atoms with van der Waals surface area (Å²) in [4.78, 5) is 1.38. The predicted molar refractivity (Wildman–Crippen MR) is 64.7 cm³/mol. The van der Waals surface area contributed by atoms with Crippen molar-refractivity contribution in [2.45, 2.75) is 43.9 Å². The van der Waals surface area contributed by atoms with E-state index >= 15 is 0 Å². The lowest BCUT2D eigenvalue weighted by atomic mass is 10.1. The van der Waals surface area contributed by atoms with Crippen molar-refractivity contribution in [2.24, 2.45) is 5.73 Å². The molecule has 1 nitrogen and oxygen atoms in total. The molecule has 14 heavy (non-hydrogen) atoms. The Labute approximate surface area is 91.1 Å². The molecule has 0 bridgehead atoms. The van der Waals surface area contributed by atoms with Crippen LogP contribution in [0.25, 0.3) is 0 Å². The van der Waals surface area contributed by atoms with Crippen LogP contribution in [0.2, 0.25) is 0 Å². The lowest BCUT2D eigenvalue weighted by molar-refractivity contribution is 0.901. The third-order valence-corrected chi connectivity index (χ3v) is 3.96. The Bertz CT molecular complexity index is 296. The summed E-state index contributed by atoms with van der Waals surface area (Å²) in [5.74, 6) is 0. The van der Waals surface area contributed by atoms with E-state index in [1.54, 1.807) is 0 Å². The fourth-order valence-electron chi connectivity index (χ4n) is 1.33. The number of hydrogen-bond donors (Lipinski definition) is 1. The molecule has 0 fully saturated rings. The van der Waals surface area contributed by atoms with Gasteiger partial charge in [0.15, 0.2) is 0 Å². The van der Waals surface area contributed by atoms with E-state index in [0.717, 1.165) is 0 Å². The highest BCUT2D eigenvalue weighted by Gasteiger charge is 2.08. The van der Waals surface area contributed by atoms with Crippen LogP contribution in [0.1, 0.15) is 31.4 Å². The maximum Gasteiger partial charge on any atom is 0.0189 e. The molecule has 1 unspecified atom stereocenters. The second-order valence-corrected chi connectivity index (χ2v) is 5.05. The van der Waals surface area contributed by atoms with E-state index in [4.69, 9.17) is 5.73 Å². The predicted octanol–water partition coefficient (Wildman–Crippen LogP) is 3.34. The number of aryl methyl sites for hydroxylation is 1. The zero-order chi connectivity index (χ0) is 10.6. The van der Waals surface area contributed by atoms with Crippen molar-refractivity contribution in [3.8, 4) is 0 Å². The van der Waals surface area contributed by atoms with Gasteiger partial charge in [-0.2, -0.15) is 0 Å². The zero-order valence-electron chi connectivity index (χ0n) is 9.21. The van der Waals surface area contributed by atoms with Crippen molar-refractivity contribution in [1.82, 2.24) is 0 Å². The summed E-state index contributed by atoms with van der Waals surface area (Å²) in [6.07, 6.45) is 1.20. The number of benzene rings is 1. The molecule has 2 N–H and O–H groups in total. The Hall–Kier alpha value is -0.470. The third-order valence-electron chi connectivity index (χ3n) is 2.41. The van der Waals surface area contributed by atoms with Crippen LogP contribution in [0.15, 0.2) is 23.1 Å². The maximum absolute atomic E-state index is 5.72.